The first kappa shape index (κ1) is 15.0. The summed E-state index contributed by atoms with van der Waals surface area (Å²) in [6, 6.07) is 3.72. The van der Waals surface area contributed by atoms with Crippen molar-refractivity contribution in [3.8, 4) is 11.5 Å². The molecule has 1 saturated heterocycles. The Hall–Kier alpha value is -1.43. The zero-order valence-corrected chi connectivity index (χ0v) is 13.5. The summed E-state index contributed by atoms with van der Waals surface area (Å²) >= 11 is 3.41. The lowest BCUT2D eigenvalue weighted by molar-refractivity contribution is 0.210. The van der Waals surface area contributed by atoms with E-state index in [1.54, 1.807) is 26.4 Å². The Morgan fingerprint density at radius 1 is 1.35 bits per heavy atom. The van der Waals surface area contributed by atoms with Gasteiger partial charge in [-0.25, -0.2) is 4.79 Å². The third kappa shape index (κ3) is 3.00. The van der Waals surface area contributed by atoms with Crippen LogP contribution in [0.2, 0.25) is 0 Å². The molecule has 1 aliphatic rings. The summed E-state index contributed by atoms with van der Waals surface area (Å²) in [6.07, 6.45) is 2.11. The van der Waals surface area contributed by atoms with Crippen molar-refractivity contribution in [2.75, 3.05) is 26.1 Å². The molecule has 6 heteroatoms. The van der Waals surface area contributed by atoms with Crippen molar-refractivity contribution in [3.63, 3.8) is 0 Å². The van der Waals surface area contributed by atoms with E-state index in [-0.39, 0.29) is 12.1 Å². The van der Waals surface area contributed by atoms with E-state index in [2.05, 4.69) is 28.2 Å². The van der Waals surface area contributed by atoms with Crippen LogP contribution < -0.4 is 14.8 Å². The molecule has 20 heavy (non-hydrogen) atoms. The molecule has 1 unspecified atom stereocenters. The van der Waals surface area contributed by atoms with E-state index in [0.717, 1.165) is 23.9 Å². The van der Waals surface area contributed by atoms with Gasteiger partial charge in [-0.1, -0.05) is 0 Å². The van der Waals surface area contributed by atoms with Gasteiger partial charge in [-0.3, -0.25) is 0 Å². The number of halogens is 1. The number of nitrogens with one attached hydrogen (secondary N) is 1. The number of carbonyl (C=O) groups excluding carboxylic acids is 1. The van der Waals surface area contributed by atoms with Crippen LogP contribution in [-0.4, -0.2) is 37.7 Å². The molecule has 1 heterocycles. The number of methoxy groups -OCH3 is 2. The summed E-state index contributed by atoms with van der Waals surface area (Å²) in [6.45, 7) is 2.86. The molecule has 0 bridgehead atoms. The maximum Gasteiger partial charge on any atom is 0.322 e. The van der Waals surface area contributed by atoms with Crippen LogP contribution in [0.5, 0.6) is 11.5 Å². The van der Waals surface area contributed by atoms with Crippen molar-refractivity contribution in [1.82, 2.24) is 4.90 Å². The summed E-state index contributed by atoms with van der Waals surface area (Å²) in [5.41, 5.74) is 0.629. The molecule has 1 aromatic carbocycles. The predicted octanol–water partition coefficient (Wildman–Crippen LogP) is 3.48. The number of urea groups is 1. The van der Waals surface area contributed by atoms with Gasteiger partial charge in [0.25, 0.3) is 0 Å². The number of nitrogens with zero attached hydrogens (tertiary/aromatic N) is 1. The molecule has 0 spiro atoms. The minimum Gasteiger partial charge on any atom is -0.495 e. The van der Waals surface area contributed by atoms with Crippen LogP contribution in [0.4, 0.5) is 10.5 Å². The second-order valence-electron chi connectivity index (χ2n) is 4.80. The van der Waals surface area contributed by atoms with E-state index >= 15 is 0 Å². The molecule has 1 N–H and O–H groups in total. The van der Waals surface area contributed by atoms with Crippen molar-refractivity contribution in [3.05, 3.63) is 16.6 Å². The Bertz CT molecular complexity index is 507. The molecule has 2 amide bonds. The van der Waals surface area contributed by atoms with E-state index in [9.17, 15) is 4.79 Å². The van der Waals surface area contributed by atoms with Crippen LogP contribution in [-0.2, 0) is 0 Å². The number of likely N-dealkylation sites (tertiary alicyclic amines) is 1. The fourth-order valence-electron chi connectivity index (χ4n) is 2.38. The van der Waals surface area contributed by atoms with Crippen LogP contribution >= 0.6 is 15.9 Å². The fraction of sp³-hybridized carbons (Fsp3) is 0.500. The molecule has 1 aromatic rings. The van der Waals surface area contributed by atoms with Crippen molar-refractivity contribution >= 4 is 27.6 Å². The summed E-state index contributed by atoms with van der Waals surface area (Å²) < 4.78 is 11.3. The Labute approximate surface area is 127 Å². The zero-order chi connectivity index (χ0) is 14.7. The van der Waals surface area contributed by atoms with Crippen molar-refractivity contribution < 1.29 is 14.3 Å². The van der Waals surface area contributed by atoms with Gasteiger partial charge >= 0.3 is 6.03 Å². The van der Waals surface area contributed by atoms with Crippen molar-refractivity contribution in [2.24, 2.45) is 0 Å². The molecule has 2 rings (SSSR count). The quantitative estimate of drug-likeness (QED) is 0.914. The monoisotopic (exact) mass is 342 g/mol. The minimum absolute atomic E-state index is 0.0923. The molecule has 5 nitrogen and oxygen atoms in total. The highest BCUT2D eigenvalue weighted by molar-refractivity contribution is 9.10. The van der Waals surface area contributed by atoms with E-state index in [1.165, 1.54) is 0 Å². The number of carbonyl (C=O) groups is 1. The summed E-state index contributed by atoms with van der Waals surface area (Å²) in [4.78, 5) is 14.1. The van der Waals surface area contributed by atoms with E-state index in [4.69, 9.17) is 9.47 Å². The standard InChI is InChI=1S/C14H19BrN2O3/c1-9-5-4-6-17(9)14(18)16-11-7-10(15)12(19-2)8-13(11)20-3/h7-9H,4-6H2,1-3H3,(H,16,18). The van der Waals surface area contributed by atoms with Gasteiger partial charge in [0.2, 0.25) is 0 Å². The van der Waals surface area contributed by atoms with Gasteiger partial charge in [0.15, 0.2) is 0 Å². The number of anilines is 1. The first-order chi connectivity index (χ1) is 9.56. The van der Waals surface area contributed by atoms with Crippen LogP contribution in [0.3, 0.4) is 0 Å². The number of ether oxygens (including phenoxy) is 2. The van der Waals surface area contributed by atoms with Crippen LogP contribution in [0.25, 0.3) is 0 Å². The average molecular weight is 343 g/mol. The second kappa shape index (κ2) is 6.35. The number of rotatable bonds is 3. The number of benzene rings is 1. The molecule has 1 aliphatic heterocycles. The highest BCUT2D eigenvalue weighted by atomic mass is 79.9. The highest BCUT2D eigenvalue weighted by Gasteiger charge is 2.25. The summed E-state index contributed by atoms with van der Waals surface area (Å²) in [5.74, 6) is 1.24. The van der Waals surface area contributed by atoms with E-state index in [1.807, 2.05) is 4.90 Å². The average Bonchev–Trinajstić information content (AvgIpc) is 2.85. The third-order valence-corrected chi connectivity index (χ3v) is 4.15. The molecular formula is C14H19BrN2O3. The Kier molecular flexibility index (Phi) is 4.75. The van der Waals surface area contributed by atoms with Gasteiger partial charge in [0, 0.05) is 18.7 Å². The van der Waals surface area contributed by atoms with E-state index in [0.29, 0.717) is 17.2 Å². The minimum atomic E-state index is -0.0923. The topological polar surface area (TPSA) is 50.8 Å². The van der Waals surface area contributed by atoms with Crippen molar-refractivity contribution in [1.29, 1.82) is 0 Å². The smallest absolute Gasteiger partial charge is 0.322 e. The highest BCUT2D eigenvalue weighted by Crippen LogP contribution is 2.36. The fourth-order valence-corrected chi connectivity index (χ4v) is 2.88. The summed E-state index contributed by atoms with van der Waals surface area (Å²) in [5, 5.41) is 2.90. The summed E-state index contributed by atoms with van der Waals surface area (Å²) in [7, 11) is 3.15. The van der Waals surface area contributed by atoms with Crippen LogP contribution in [0.15, 0.2) is 16.6 Å². The lowest BCUT2D eigenvalue weighted by Gasteiger charge is -2.22. The van der Waals surface area contributed by atoms with Crippen LogP contribution in [0.1, 0.15) is 19.8 Å². The number of hydrogen-bond acceptors (Lipinski definition) is 3. The van der Waals surface area contributed by atoms with Gasteiger partial charge in [0.1, 0.15) is 11.5 Å². The Balaban J connectivity index is 2.20. The lowest BCUT2D eigenvalue weighted by Crippen LogP contribution is -2.37. The molecule has 0 radical (unpaired) electrons. The lowest BCUT2D eigenvalue weighted by atomic mass is 10.2. The number of hydrogen-bond donors (Lipinski definition) is 1. The third-order valence-electron chi connectivity index (χ3n) is 3.53. The maximum absolute atomic E-state index is 12.3. The van der Waals surface area contributed by atoms with Gasteiger partial charge in [-0.15, -0.1) is 0 Å². The molecular weight excluding hydrogens is 324 g/mol. The van der Waals surface area contributed by atoms with Gasteiger partial charge in [-0.05, 0) is 41.8 Å². The van der Waals surface area contributed by atoms with Crippen molar-refractivity contribution in [2.45, 2.75) is 25.8 Å². The van der Waals surface area contributed by atoms with Gasteiger partial charge in [0.05, 0.1) is 24.4 Å². The maximum atomic E-state index is 12.3. The second-order valence-corrected chi connectivity index (χ2v) is 5.66. The molecule has 0 saturated carbocycles. The molecule has 1 atom stereocenters. The Morgan fingerprint density at radius 3 is 2.60 bits per heavy atom. The zero-order valence-electron chi connectivity index (χ0n) is 11.9. The predicted molar refractivity (Wildman–Crippen MR) is 81.7 cm³/mol. The molecule has 110 valence electrons. The van der Waals surface area contributed by atoms with Crippen LogP contribution in [0, 0.1) is 0 Å². The number of amides is 2. The molecule has 1 fully saturated rings. The van der Waals surface area contributed by atoms with Gasteiger partial charge < -0.3 is 19.7 Å². The largest absolute Gasteiger partial charge is 0.495 e. The normalized spacial score (nSPS) is 18.0. The molecule has 0 aromatic heterocycles. The Morgan fingerprint density at radius 2 is 2.05 bits per heavy atom. The molecule has 0 aliphatic carbocycles. The first-order valence-electron chi connectivity index (χ1n) is 6.56. The van der Waals surface area contributed by atoms with E-state index < -0.39 is 0 Å². The SMILES string of the molecule is COc1cc(OC)c(NC(=O)N2CCCC2C)cc1Br. The first-order valence-corrected chi connectivity index (χ1v) is 7.35. The van der Waals surface area contributed by atoms with Gasteiger partial charge in [-0.2, -0.15) is 0 Å².